The van der Waals surface area contributed by atoms with E-state index in [-0.39, 0.29) is 0 Å². The Morgan fingerprint density at radius 1 is 1.11 bits per heavy atom. The standard InChI is InChI=1S/C15H25NOS/c1-4-15(17,5-2)12-18-14-9-7-13(8-10-14)11-16-6-3/h7-10,16-17H,4-6,11-12H2,1-3H3. The Morgan fingerprint density at radius 2 is 1.72 bits per heavy atom. The molecule has 1 rings (SSSR count). The van der Waals surface area contributed by atoms with E-state index in [0.29, 0.717) is 0 Å². The molecule has 0 saturated carbocycles. The van der Waals surface area contributed by atoms with Gasteiger partial charge in [0.2, 0.25) is 0 Å². The number of thioether (sulfide) groups is 1. The monoisotopic (exact) mass is 267 g/mol. The molecule has 0 aliphatic heterocycles. The molecular formula is C15H25NOS. The predicted molar refractivity (Wildman–Crippen MR) is 80.1 cm³/mol. The summed E-state index contributed by atoms with van der Waals surface area (Å²) in [6, 6.07) is 8.59. The van der Waals surface area contributed by atoms with Gasteiger partial charge in [-0.15, -0.1) is 11.8 Å². The topological polar surface area (TPSA) is 32.3 Å². The summed E-state index contributed by atoms with van der Waals surface area (Å²) >= 11 is 1.74. The van der Waals surface area contributed by atoms with Gasteiger partial charge in [-0.2, -0.15) is 0 Å². The third-order valence-electron chi connectivity index (χ3n) is 3.33. The summed E-state index contributed by atoms with van der Waals surface area (Å²) in [5.41, 5.74) is 0.787. The van der Waals surface area contributed by atoms with Crippen molar-refractivity contribution in [1.82, 2.24) is 5.32 Å². The van der Waals surface area contributed by atoms with Crippen molar-refractivity contribution in [2.24, 2.45) is 0 Å². The minimum Gasteiger partial charge on any atom is -0.389 e. The highest BCUT2D eigenvalue weighted by atomic mass is 32.2. The van der Waals surface area contributed by atoms with E-state index in [9.17, 15) is 5.11 Å². The lowest BCUT2D eigenvalue weighted by Gasteiger charge is -2.24. The molecule has 2 nitrogen and oxygen atoms in total. The number of hydrogen-bond donors (Lipinski definition) is 2. The maximum atomic E-state index is 10.2. The van der Waals surface area contributed by atoms with Crippen molar-refractivity contribution in [3.8, 4) is 0 Å². The molecule has 2 N–H and O–H groups in total. The lowest BCUT2D eigenvalue weighted by atomic mass is 10.0. The molecule has 0 amide bonds. The molecule has 0 spiro atoms. The molecule has 102 valence electrons. The highest BCUT2D eigenvalue weighted by Crippen LogP contribution is 2.26. The molecule has 0 atom stereocenters. The Balaban J connectivity index is 2.48. The van der Waals surface area contributed by atoms with Gasteiger partial charge in [0, 0.05) is 17.2 Å². The van der Waals surface area contributed by atoms with Crippen LogP contribution < -0.4 is 5.32 Å². The SMILES string of the molecule is CCNCc1ccc(SCC(O)(CC)CC)cc1. The molecule has 3 heteroatoms. The van der Waals surface area contributed by atoms with Crippen LogP contribution in [0.15, 0.2) is 29.2 Å². The van der Waals surface area contributed by atoms with Crippen LogP contribution in [0.4, 0.5) is 0 Å². The minimum atomic E-state index is -0.521. The smallest absolute Gasteiger partial charge is 0.0736 e. The van der Waals surface area contributed by atoms with E-state index in [2.05, 4.69) is 36.5 Å². The highest BCUT2D eigenvalue weighted by Gasteiger charge is 2.21. The summed E-state index contributed by atoms with van der Waals surface area (Å²) in [5, 5.41) is 13.5. The zero-order chi connectivity index (χ0) is 13.4. The number of nitrogens with one attached hydrogen (secondary N) is 1. The van der Waals surface area contributed by atoms with Gasteiger partial charge in [-0.25, -0.2) is 0 Å². The second kappa shape index (κ2) is 7.82. The van der Waals surface area contributed by atoms with E-state index in [4.69, 9.17) is 0 Å². The molecule has 0 heterocycles. The van der Waals surface area contributed by atoms with E-state index in [1.807, 2.05) is 13.8 Å². The fraction of sp³-hybridized carbons (Fsp3) is 0.600. The van der Waals surface area contributed by atoms with Crippen LogP contribution in [-0.4, -0.2) is 23.0 Å². The first-order valence-corrected chi connectivity index (χ1v) is 7.77. The molecule has 0 unspecified atom stereocenters. The molecule has 0 aromatic heterocycles. The fourth-order valence-electron chi connectivity index (χ4n) is 1.64. The van der Waals surface area contributed by atoms with Gasteiger partial charge in [-0.1, -0.05) is 32.9 Å². The summed E-state index contributed by atoms with van der Waals surface area (Å²) in [7, 11) is 0. The van der Waals surface area contributed by atoms with Crippen molar-refractivity contribution < 1.29 is 5.11 Å². The number of aliphatic hydroxyl groups is 1. The maximum Gasteiger partial charge on any atom is 0.0736 e. The summed E-state index contributed by atoms with van der Waals surface area (Å²) in [5.74, 6) is 0.770. The average Bonchev–Trinajstić information content (AvgIpc) is 2.43. The maximum absolute atomic E-state index is 10.2. The summed E-state index contributed by atoms with van der Waals surface area (Å²) in [6.45, 7) is 8.12. The molecule has 0 fully saturated rings. The van der Waals surface area contributed by atoms with Crippen LogP contribution in [-0.2, 0) is 6.54 Å². The van der Waals surface area contributed by atoms with Gasteiger partial charge in [0.15, 0.2) is 0 Å². The summed E-state index contributed by atoms with van der Waals surface area (Å²) in [4.78, 5) is 1.23. The van der Waals surface area contributed by atoms with Crippen molar-refractivity contribution in [3.05, 3.63) is 29.8 Å². The molecule has 1 aromatic rings. The van der Waals surface area contributed by atoms with E-state index in [1.54, 1.807) is 11.8 Å². The third kappa shape index (κ3) is 5.01. The van der Waals surface area contributed by atoms with Crippen molar-refractivity contribution in [1.29, 1.82) is 0 Å². The number of benzene rings is 1. The Kier molecular flexibility index (Phi) is 6.76. The van der Waals surface area contributed by atoms with Crippen LogP contribution in [0.25, 0.3) is 0 Å². The summed E-state index contributed by atoms with van der Waals surface area (Å²) < 4.78 is 0. The minimum absolute atomic E-state index is 0.521. The average molecular weight is 267 g/mol. The lowest BCUT2D eigenvalue weighted by molar-refractivity contribution is 0.0572. The van der Waals surface area contributed by atoms with Crippen molar-refractivity contribution >= 4 is 11.8 Å². The van der Waals surface area contributed by atoms with Crippen LogP contribution in [0.5, 0.6) is 0 Å². The van der Waals surface area contributed by atoms with Gasteiger partial charge in [0.25, 0.3) is 0 Å². The number of hydrogen-bond acceptors (Lipinski definition) is 3. The third-order valence-corrected chi connectivity index (χ3v) is 4.61. The van der Waals surface area contributed by atoms with Crippen molar-refractivity contribution in [3.63, 3.8) is 0 Å². The van der Waals surface area contributed by atoms with Gasteiger partial charge in [-0.05, 0) is 37.1 Å². The van der Waals surface area contributed by atoms with Crippen LogP contribution in [0, 0.1) is 0 Å². The van der Waals surface area contributed by atoms with E-state index in [1.165, 1.54) is 10.5 Å². The van der Waals surface area contributed by atoms with E-state index in [0.717, 1.165) is 31.7 Å². The van der Waals surface area contributed by atoms with Gasteiger partial charge >= 0.3 is 0 Å². The van der Waals surface area contributed by atoms with E-state index >= 15 is 0 Å². The molecule has 1 aromatic carbocycles. The zero-order valence-corrected chi connectivity index (χ0v) is 12.5. The molecule has 18 heavy (non-hydrogen) atoms. The van der Waals surface area contributed by atoms with Crippen LogP contribution in [0.3, 0.4) is 0 Å². The molecule has 0 aliphatic carbocycles. The lowest BCUT2D eigenvalue weighted by Crippen LogP contribution is -2.29. The second-order valence-corrected chi connectivity index (χ2v) is 5.69. The van der Waals surface area contributed by atoms with Crippen molar-refractivity contribution in [2.45, 2.75) is 50.7 Å². The van der Waals surface area contributed by atoms with E-state index < -0.39 is 5.60 Å². The zero-order valence-electron chi connectivity index (χ0n) is 11.7. The number of rotatable bonds is 8. The highest BCUT2D eigenvalue weighted by molar-refractivity contribution is 7.99. The first-order valence-electron chi connectivity index (χ1n) is 6.78. The Morgan fingerprint density at radius 3 is 2.22 bits per heavy atom. The van der Waals surface area contributed by atoms with Gasteiger partial charge in [0.1, 0.15) is 0 Å². The molecular weight excluding hydrogens is 242 g/mol. The first kappa shape index (κ1) is 15.5. The second-order valence-electron chi connectivity index (χ2n) is 4.64. The molecule has 0 radical (unpaired) electrons. The molecule has 0 bridgehead atoms. The Labute approximate surface area is 115 Å². The first-order chi connectivity index (χ1) is 8.63. The molecule has 0 saturated heterocycles. The quantitative estimate of drug-likeness (QED) is 0.708. The Hall–Kier alpha value is -0.510. The largest absolute Gasteiger partial charge is 0.389 e. The van der Waals surface area contributed by atoms with Crippen LogP contribution in [0.2, 0.25) is 0 Å². The van der Waals surface area contributed by atoms with Gasteiger partial charge in [0.05, 0.1) is 5.60 Å². The van der Waals surface area contributed by atoms with Gasteiger partial charge in [-0.3, -0.25) is 0 Å². The Bertz CT molecular complexity index is 333. The predicted octanol–water partition coefficient (Wildman–Crippen LogP) is 3.44. The normalized spacial score (nSPS) is 11.8. The van der Waals surface area contributed by atoms with Gasteiger partial charge < -0.3 is 10.4 Å². The van der Waals surface area contributed by atoms with Crippen LogP contribution >= 0.6 is 11.8 Å². The molecule has 0 aliphatic rings. The van der Waals surface area contributed by atoms with Crippen LogP contribution in [0.1, 0.15) is 39.2 Å². The van der Waals surface area contributed by atoms with Crippen molar-refractivity contribution in [2.75, 3.05) is 12.3 Å². The summed E-state index contributed by atoms with van der Waals surface area (Å²) in [6.07, 6.45) is 1.63. The fourth-order valence-corrected chi connectivity index (χ4v) is 2.82.